The van der Waals surface area contributed by atoms with Gasteiger partial charge >= 0.3 is 0 Å². The van der Waals surface area contributed by atoms with Crippen LogP contribution in [0.4, 0.5) is 17.2 Å². The highest BCUT2D eigenvalue weighted by atomic mass is 35.5. The van der Waals surface area contributed by atoms with Crippen molar-refractivity contribution in [3.63, 3.8) is 0 Å². The third kappa shape index (κ3) is 3.49. The lowest BCUT2D eigenvalue weighted by Gasteiger charge is -2.14. The van der Waals surface area contributed by atoms with Gasteiger partial charge < -0.3 is 10.0 Å². The van der Waals surface area contributed by atoms with Gasteiger partial charge in [0.15, 0.2) is 5.82 Å². The van der Waals surface area contributed by atoms with Crippen LogP contribution in [0.2, 0.25) is 10.3 Å². The molecule has 3 aromatic rings. The molecule has 7 nitrogen and oxygen atoms in total. The molecule has 0 saturated heterocycles. The SMILES string of the molecule is CS(=O)Nc1c(Nc2nc(Cl)ncc2Cl)ccc2nccnc12.[HH]. The summed E-state index contributed by atoms with van der Waals surface area (Å²) in [6.07, 6.45) is 6.06. The van der Waals surface area contributed by atoms with Crippen LogP contribution in [0.3, 0.4) is 0 Å². The Bertz CT molecular complexity index is 913. The molecular formula is C13H12Cl2N6OS. The number of hydrogen-bond acceptors (Lipinski definition) is 6. The molecule has 0 spiro atoms. The second-order valence-electron chi connectivity index (χ2n) is 4.43. The van der Waals surface area contributed by atoms with Crippen molar-refractivity contribution in [3.05, 3.63) is 41.0 Å². The predicted octanol–water partition coefficient (Wildman–Crippen LogP) is 3.42. The van der Waals surface area contributed by atoms with Gasteiger partial charge in [0, 0.05) is 20.1 Å². The van der Waals surface area contributed by atoms with Crippen molar-refractivity contribution < 1.29 is 5.64 Å². The number of rotatable bonds is 4. The van der Waals surface area contributed by atoms with Crippen LogP contribution in [0, 0.1) is 0 Å². The van der Waals surface area contributed by atoms with Crippen molar-refractivity contribution in [1.82, 2.24) is 19.9 Å². The van der Waals surface area contributed by atoms with E-state index in [9.17, 15) is 4.21 Å². The number of nitrogens with zero attached hydrogens (tertiary/aromatic N) is 4. The lowest BCUT2D eigenvalue weighted by atomic mass is 10.2. The number of fused-ring (bicyclic) bond motifs is 1. The molecule has 0 aliphatic heterocycles. The number of nitrogens with one attached hydrogen (secondary N) is 2. The van der Waals surface area contributed by atoms with Crippen LogP contribution >= 0.6 is 23.2 Å². The summed E-state index contributed by atoms with van der Waals surface area (Å²) < 4.78 is 14.5. The second kappa shape index (κ2) is 6.61. The van der Waals surface area contributed by atoms with E-state index in [0.29, 0.717) is 33.2 Å². The molecule has 2 N–H and O–H groups in total. The fourth-order valence-electron chi connectivity index (χ4n) is 1.95. The van der Waals surface area contributed by atoms with Crippen molar-refractivity contribution in [3.8, 4) is 0 Å². The third-order valence-electron chi connectivity index (χ3n) is 2.85. The number of hydrogen-bond donors (Lipinski definition) is 2. The summed E-state index contributed by atoms with van der Waals surface area (Å²) in [5.74, 6) is 0.333. The summed E-state index contributed by atoms with van der Waals surface area (Å²) in [6, 6.07) is 3.55. The van der Waals surface area contributed by atoms with E-state index in [1.807, 2.05) is 0 Å². The number of aromatic nitrogens is 4. The lowest BCUT2D eigenvalue weighted by molar-refractivity contribution is 0.690. The van der Waals surface area contributed by atoms with Crippen LogP contribution in [-0.4, -0.2) is 30.4 Å². The highest BCUT2D eigenvalue weighted by Gasteiger charge is 2.13. The van der Waals surface area contributed by atoms with Gasteiger partial charge in [0.25, 0.3) is 0 Å². The molecule has 10 heteroatoms. The minimum Gasteiger partial charge on any atom is -0.337 e. The zero-order valence-corrected chi connectivity index (χ0v) is 14.1. The topological polar surface area (TPSA) is 92.7 Å². The summed E-state index contributed by atoms with van der Waals surface area (Å²) in [5.41, 5.74) is 2.36. The first kappa shape index (κ1) is 15.9. The highest BCUT2D eigenvalue weighted by molar-refractivity contribution is 7.85. The summed E-state index contributed by atoms with van der Waals surface area (Å²) in [6.45, 7) is 0. The van der Waals surface area contributed by atoms with E-state index in [0.717, 1.165) is 0 Å². The molecule has 0 saturated carbocycles. The van der Waals surface area contributed by atoms with Crippen molar-refractivity contribution in [1.29, 1.82) is 0 Å². The van der Waals surface area contributed by atoms with Gasteiger partial charge in [-0.05, 0) is 23.7 Å². The zero-order valence-electron chi connectivity index (χ0n) is 11.7. The fraction of sp³-hybridized carbons (Fsp3) is 0.0769. The van der Waals surface area contributed by atoms with E-state index < -0.39 is 11.0 Å². The number of anilines is 3. The number of halogens is 2. The Kier molecular flexibility index (Phi) is 4.56. The van der Waals surface area contributed by atoms with Crippen molar-refractivity contribution >= 4 is 62.4 Å². The van der Waals surface area contributed by atoms with Crippen LogP contribution in [0.15, 0.2) is 30.7 Å². The maximum Gasteiger partial charge on any atom is 0.224 e. The average Bonchev–Trinajstić information content (AvgIpc) is 2.52. The molecule has 1 aromatic carbocycles. The molecule has 0 aliphatic carbocycles. The highest BCUT2D eigenvalue weighted by Crippen LogP contribution is 2.33. The number of benzene rings is 1. The molecule has 0 fully saturated rings. The largest absolute Gasteiger partial charge is 0.337 e. The summed E-state index contributed by atoms with van der Waals surface area (Å²) in [4.78, 5) is 16.3. The van der Waals surface area contributed by atoms with Crippen molar-refractivity contribution in [2.75, 3.05) is 16.3 Å². The Morgan fingerprint density at radius 2 is 1.96 bits per heavy atom. The van der Waals surface area contributed by atoms with E-state index in [2.05, 4.69) is 30.0 Å². The van der Waals surface area contributed by atoms with Crippen molar-refractivity contribution in [2.45, 2.75) is 0 Å². The molecule has 0 radical (unpaired) electrons. The Balaban J connectivity index is 0.00000208. The molecule has 2 heterocycles. The molecule has 1 unspecified atom stereocenters. The summed E-state index contributed by atoms with van der Waals surface area (Å²) >= 11 is 11.9. The van der Waals surface area contributed by atoms with Crippen molar-refractivity contribution in [2.24, 2.45) is 0 Å². The third-order valence-corrected chi connectivity index (χ3v) is 3.80. The lowest BCUT2D eigenvalue weighted by Crippen LogP contribution is -2.07. The van der Waals surface area contributed by atoms with Crippen LogP contribution in [0.5, 0.6) is 0 Å². The van der Waals surface area contributed by atoms with Crippen LogP contribution in [-0.2, 0) is 11.0 Å². The first-order chi connectivity index (χ1) is 11.0. The van der Waals surface area contributed by atoms with Gasteiger partial charge in [-0.3, -0.25) is 9.97 Å². The zero-order chi connectivity index (χ0) is 16.4. The van der Waals surface area contributed by atoms with Crippen LogP contribution in [0.1, 0.15) is 1.43 Å². The van der Waals surface area contributed by atoms with Gasteiger partial charge in [-0.15, -0.1) is 0 Å². The molecule has 0 aliphatic rings. The Morgan fingerprint density at radius 3 is 2.74 bits per heavy atom. The van der Waals surface area contributed by atoms with Gasteiger partial charge in [0.1, 0.15) is 21.5 Å². The maximum absolute atomic E-state index is 11.6. The van der Waals surface area contributed by atoms with Gasteiger partial charge in [-0.1, -0.05) is 11.6 Å². The molecule has 0 bridgehead atoms. The van der Waals surface area contributed by atoms with Gasteiger partial charge in [0.05, 0.1) is 23.1 Å². The fourth-order valence-corrected chi connectivity index (χ4v) is 2.71. The van der Waals surface area contributed by atoms with E-state index >= 15 is 0 Å². The van der Waals surface area contributed by atoms with Crippen LogP contribution in [0.25, 0.3) is 11.0 Å². The Hall–Kier alpha value is -2.03. The molecule has 2 aromatic heterocycles. The maximum atomic E-state index is 11.6. The standard InChI is InChI=1S/C13H10Cl2N6OS.H2/c1-23(22)21-11-9(3-2-8-10(11)17-5-4-16-8)19-12-7(14)6-18-13(15)20-12;/h2-6,21H,1H3,(H,18,19,20);1H. The normalized spacial score (nSPS) is 12.1. The Labute approximate surface area is 145 Å². The van der Waals surface area contributed by atoms with E-state index in [4.69, 9.17) is 23.2 Å². The molecular weight excluding hydrogens is 359 g/mol. The van der Waals surface area contributed by atoms with Gasteiger partial charge in [-0.25, -0.2) is 9.19 Å². The monoisotopic (exact) mass is 370 g/mol. The van der Waals surface area contributed by atoms with Gasteiger partial charge in [0.2, 0.25) is 5.28 Å². The molecule has 3 rings (SSSR count). The molecule has 23 heavy (non-hydrogen) atoms. The summed E-state index contributed by atoms with van der Waals surface area (Å²) in [5, 5.41) is 3.41. The van der Waals surface area contributed by atoms with E-state index in [1.165, 1.54) is 12.5 Å². The summed E-state index contributed by atoms with van der Waals surface area (Å²) in [7, 11) is -1.30. The quantitative estimate of drug-likeness (QED) is 0.683. The molecule has 0 amide bonds. The van der Waals surface area contributed by atoms with Crippen LogP contribution < -0.4 is 10.0 Å². The van der Waals surface area contributed by atoms with E-state index in [1.54, 1.807) is 24.5 Å². The smallest absolute Gasteiger partial charge is 0.224 e. The van der Waals surface area contributed by atoms with E-state index in [-0.39, 0.29) is 6.71 Å². The first-order valence-corrected chi connectivity index (χ1v) is 8.65. The first-order valence-electron chi connectivity index (χ1n) is 6.33. The predicted molar refractivity (Wildman–Crippen MR) is 94.7 cm³/mol. The molecule has 120 valence electrons. The second-order valence-corrected chi connectivity index (χ2v) is 6.29. The van der Waals surface area contributed by atoms with Gasteiger partial charge in [-0.2, -0.15) is 4.98 Å². The minimum absolute atomic E-state index is 0. The average molecular weight is 371 g/mol. The Morgan fingerprint density at radius 1 is 1.17 bits per heavy atom. The molecule has 1 atom stereocenters. The minimum atomic E-state index is -1.30.